The van der Waals surface area contributed by atoms with Gasteiger partial charge >= 0.3 is 0 Å². The quantitative estimate of drug-likeness (QED) is 0.905. The van der Waals surface area contributed by atoms with Gasteiger partial charge in [-0.3, -0.25) is 9.69 Å². The number of carbonyl (C=O) groups excluding carboxylic acids is 1. The van der Waals surface area contributed by atoms with Crippen molar-refractivity contribution in [3.05, 3.63) is 48.3 Å². The Morgan fingerprint density at radius 3 is 2.78 bits per heavy atom. The highest BCUT2D eigenvalue weighted by Gasteiger charge is 2.22. The number of aromatic nitrogens is 3. The summed E-state index contributed by atoms with van der Waals surface area (Å²) in [7, 11) is 0. The van der Waals surface area contributed by atoms with Crippen molar-refractivity contribution in [2.45, 2.75) is 25.4 Å². The van der Waals surface area contributed by atoms with Crippen molar-refractivity contribution in [2.24, 2.45) is 0 Å². The monoisotopic (exact) mass is 317 g/mol. The molecule has 1 N–H and O–H groups in total. The SMILES string of the molecule is O=C(CN1CCC(n2cncn2)CC1)NCc1ccccc1F. The third kappa shape index (κ3) is 4.13. The molecule has 1 amide bonds. The van der Waals surface area contributed by atoms with E-state index in [9.17, 15) is 9.18 Å². The van der Waals surface area contributed by atoms with Crippen molar-refractivity contribution in [1.29, 1.82) is 0 Å². The molecule has 0 spiro atoms. The van der Waals surface area contributed by atoms with E-state index in [0.717, 1.165) is 25.9 Å². The Labute approximate surface area is 134 Å². The van der Waals surface area contributed by atoms with E-state index in [1.54, 1.807) is 30.9 Å². The van der Waals surface area contributed by atoms with Crippen molar-refractivity contribution in [3.8, 4) is 0 Å². The lowest BCUT2D eigenvalue weighted by molar-refractivity contribution is -0.122. The third-order valence-corrected chi connectivity index (χ3v) is 4.17. The van der Waals surface area contributed by atoms with Gasteiger partial charge in [0.15, 0.2) is 0 Å². The summed E-state index contributed by atoms with van der Waals surface area (Å²) in [5, 5.41) is 6.95. The van der Waals surface area contributed by atoms with Gasteiger partial charge in [0.1, 0.15) is 18.5 Å². The summed E-state index contributed by atoms with van der Waals surface area (Å²) in [4.78, 5) is 18.1. The van der Waals surface area contributed by atoms with Gasteiger partial charge in [-0.2, -0.15) is 5.10 Å². The fourth-order valence-corrected chi connectivity index (χ4v) is 2.84. The third-order valence-electron chi connectivity index (χ3n) is 4.17. The first kappa shape index (κ1) is 15.6. The molecule has 3 rings (SSSR count). The van der Waals surface area contributed by atoms with Crippen LogP contribution in [0.2, 0.25) is 0 Å². The maximum atomic E-state index is 13.5. The molecule has 23 heavy (non-hydrogen) atoms. The maximum absolute atomic E-state index is 13.5. The Morgan fingerprint density at radius 2 is 2.09 bits per heavy atom. The highest BCUT2D eigenvalue weighted by molar-refractivity contribution is 5.78. The molecular formula is C16H20FN5O. The number of rotatable bonds is 5. The summed E-state index contributed by atoms with van der Waals surface area (Å²) in [6, 6.07) is 6.84. The van der Waals surface area contributed by atoms with Gasteiger partial charge < -0.3 is 5.32 Å². The molecule has 1 fully saturated rings. The molecule has 2 aromatic rings. The van der Waals surface area contributed by atoms with Crippen LogP contribution >= 0.6 is 0 Å². The van der Waals surface area contributed by atoms with E-state index in [2.05, 4.69) is 20.3 Å². The summed E-state index contributed by atoms with van der Waals surface area (Å²) in [6.07, 6.45) is 5.18. The molecule has 0 bridgehead atoms. The Hall–Kier alpha value is -2.28. The van der Waals surface area contributed by atoms with E-state index < -0.39 is 0 Å². The van der Waals surface area contributed by atoms with E-state index in [-0.39, 0.29) is 18.3 Å². The van der Waals surface area contributed by atoms with Crippen LogP contribution in [0.5, 0.6) is 0 Å². The fourth-order valence-electron chi connectivity index (χ4n) is 2.84. The number of hydrogen-bond donors (Lipinski definition) is 1. The highest BCUT2D eigenvalue weighted by atomic mass is 19.1. The van der Waals surface area contributed by atoms with E-state index in [1.165, 1.54) is 6.07 Å². The van der Waals surface area contributed by atoms with Crippen molar-refractivity contribution in [3.63, 3.8) is 0 Å². The second kappa shape index (κ2) is 7.32. The van der Waals surface area contributed by atoms with Crippen LogP contribution in [-0.4, -0.2) is 45.2 Å². The van der Waals surface area contributed by atoms with Gasteiger partial charge in [0.25, 0.3) is 0 Å². The smallest absolute Gasteiger partial charge is 0.234 e. The molecule has 1 aromatic heterocycles. The molecule has 6 nitrogen and oxygen atoms in total. The molecule has 0 radical (unpaired) electrons. The average molecular weight is 317 g/mol. The molecule has 1 saturated heterocycles. The molecule has 0 unspecified atom stereocenters. The van der Waals surface area contributed by atoms with Gasteiger partial charge in [-0.25, -0.2) is 14.1 Å². The molecule has 1 aliphatic rings. The Balaban J connectivity index is 1.42. The van der Waals surface area contributed by atoms with Gasteiger partial charge in [0.2, 0.25) is 5.91 Å². The van der Waals surface area contributed by atoms with Gasteiger partial charge in [-0.1, -0.05) is 18.2 Å². The number of nitrogens with zero attached hydrogens (tertiary/aromatic N) is 4. The molecule has 0 aliphatic carbocycles. The Kier molecular flexibility index (Phi) is 4.97. The van der Waals surface area contributed by atoms with E-state index in [4.69, 9.17) is 0 Å². The lowest BCUT2D eigenvalue weighted by atomic mass is 10.1. The molecule has 7 heteroatoms. The van der Waals surface area contributed by atoms with Crippen LogP contribution in [0.3, 0.4) is 0 Å². The largest absolute Gasteiger partial charge is 0.351 e. The first-order chi connectivity index (χ1) is 11.2. The van der Waals surface area contributed by atoms with Crippen LogP contribution in [0, 0.1) is 5.82 Å². The van der Waals surface area contributed by atoms with Crippen molar-refractivity contribution >= 4 is 5.91 Å². The molecule has 0 atom stereocenters. The van der Waals surface area contributed by atoms with Crippen LogP contribution in [0.15, 0.2) is 36.9 Å². The fraction of sp³-hybridized carbons (Fsp3) is 0.438. The second-order valence-electron chi connectivity index (χ2n) is 5.75. The zero-order valence-electron chi connectivity index (χ0n) is 12.9. The number of benzene rings is 1. The number of halogens is 1. The first-order valence-corrected chi connectivity index (χ1v) is 7.79. The van der Waals surface area contributed by atoms with Crippen LogP contribution in [0.1, 0.15) is 24.4 Å². The summed E-state index contributed by atoms with van der Waals surface area (Å²) >= 11 is 0. The summed E-state index contributed by atoms with van der Waals surface area (Å²) in [5.41, 5.74) is 0.505. The number of nitrogens with one attached hydrogen (secondary N) is 1. The number of likely N-dealkylation sites (tertiary alicyclic amines) is 1. The number of amides is 1. The molecular weight excluding hydrogens is 297 g/mol. The van der Waals surface area contributed by atoms with Crippen LogP contribution < -0.4 is 5.32 Å². The Morgan fingerprint density at radius 1 is 1.30 bits per heavy atom. The van der Waals surface area contributed by atoms with Gasteiger partial charge in [-0.05, 0) is 18.9 Å². The minimum absolute atomic E-state index is 0.0764. The lowest BCUT2D eigenvalue weighted by Crippen LogP contribution is -2.41. The zero-order chi connectivity index (χ0) is 16.1. The minimum atomic E-state index is -0.290. The Bertz CT molecular complexity index is 638. The predicted molar refractivity (Wildman–Crippen MR) is 83.0 cm³/mol. The zero-order valence-corrected chi connectivity index (χ0v) is 12.9. The van der Waals surface area contributed by atoms with Crippen LogP contribution in [-0.2, 0) is 11.3 Å². The predicted octanol–water partition coefficient (Wildman–Crippen LogP) is 1.37. The number of carbonyl (C=O) groups is 1. The average Bonchev–Trinajstić information content (AvgIpc) is 3.09. The second-order valence-corrected chi connectivity index (χ2v) is 5.75. The van der Waals surface area contributed by atoms with Crippen LogP contribution in [0.4, 0.5) is 4.39 Å². The normalized spacial score (nSPS) is 16.4. The molecule has 1 aliphatic heterocycles. The summed E-state index contributed by atoms with van der Waals surface area (Å²) in [6.45, 7) is 2.26. The van der Waals surface area contributed by atoms with E-state index >= 15 is 0 Å². The van der Waals surface area contributed by atoms with Crippen LogP contribution in [0.25, 0.3) is 0 Å². The molecule has 2 heterocycles. The standard InChI is InChI=1S/C16H20FN5O/c17-15-4-2-1-3-13(15)9-19-16(23)10-21-7-5-14(6-8-21)22-12-18-11-20-22/h1-4,11-12,14H,5-10H2,(H,19,23). The molecule has 1 aromatic carbocycles. The van der Waals surface area contributed by atoms with Crippen molar-refractivity contribution < 1.29 is 9.18 Å². The summed E-state index contributed by atoms with van der Waals surface area (Å²) in [5.74, 6) is -0.367. The topological polar surface area (TPSA) is 63.1 Å². The van der Waals surface area contributed by atoms with E-state index in [0.29, 0.717) is 18.2 Å². The van der Waals surface area contributed by atoms with Crippen molar-refractivity contribution in [2.75, 3.05) is 19.6 Å². The lowest BCUT2D eigenvalue weighted by Gasteiger charge is -2.31. The van der Waals surface area contributed by atoms with Gasteiger partial charge in [0.05, 0.1) is 12.6 Å². The van der Waals surface area contributed by atoms with Crippen molar-refractivity contribution in [1.82, 2.24) is 25.0 Å². The van der Waals surface area contributed by atoms with Gasteiger partial charge in [-0.15, -0.1) is 0 Å². The summed E-state index contributed by atoms with van der Waals surface area (Å²) < 4.78 is 15.4. The van der Waals surface area contributed by atoms with Gasteiger partial charge in [0, 0.05) is 25.2 Å². The molecule has 122 valence electrons. The minimum Gasteiger partial charge on any atom is -0.351 e. The number of hydrogen-bond acceptors (Lipinski definition) is 4. The maximum Gasteiger partial charge on any atom is 0.234 e. The molecule has 0 saturated carbocycles. The first-order valence-electron chi connectivity index (χ1n) is 7.79. The highest BCUT2D eigenvalue weighted by Crippen LogP contribution is 2.20. The van der Waals surface area contributed by atoms with E-state index in [1.807, 2.05) is 4.68 Å². The number of piperidine rings is 1.